The maximum Gasteiger partial charge on any atom is 0.217 e. The van der Waals surface area contributed by atoms with Crippen LogP contribution >= 0.6 is 0 Å². The van der Waals surface area contributed by atoms with Gasteiger partial charge in [0.15, 0.2) is 0 Å². The molecule has 2 heterocycles. The molecular weight excluding hydrogens is 230 g/mol. The first kappa shape index (κ1) is 12.8. The Balaban J connectivity index is 1.96. The summed E-state index contributed by atoms with van der Waals surface area (Å²) in [5.74, 6) is 6.27. The van der Waals surface area contributed by atoms with Crippen LogP contribution in [0, 0.1) is 11.8 Å². The van der Waals surface area contributed by atoms with Gasteiger partial charge in [-0.2, -0.15) is 0 Å². The van der Waals surface area contributed by atoms with Crippen LogP contribution in [-0.4, -0.2) is 40.9 Å². The lowest BCUT2D eigenvalue weighted by atomic mass is 10.1. The Hall–Kier alpha value is -1.64. The fourth-order valence-corrected chi connectivity index (χ4v) is 1.77. The highest BCUT2D eigenvalue weighted by Gasteiger charge is 2.14. The van der Waals surface area contributed by atoms with E-state index in [-0.39, 0.29) is 12.7 Å². The number of hydrogen-bond donors (Lipinski definition) is 2. The zero-order valence-electron chi connectivity index (χ0n) is 10.2. The van der Waals surface area contributed by atoms with E-state index in [1.807, 2.05) is 0 Å². The van der Waals surface area contributed by atoms with Crippen LogP contribution in [-0.2, 0) is 0 Å². The van der Waals surface area contributed by atoms with Gasteiger partial charge in [0.05, 0.1) is 6.61 Å². The molecule has 0 radical (unpaired) electrons. The van der Waals surface area contributed by atoms with Gasteiger partial charge in [0.2, 0.25) is 5.88 Å². The Labute approximate surface area is 107 Å². The molecule has 1 fully saturated rings. The number of nitrogens with one attached hydrogen (secondary N) is 1. The van der Waals surface area contributed by atoms with E-state index in [1.165, 1.54) is 6.33 Å². The lowest BCUT2D eigenvalue weighted by Crippen LogP contribution is -2.34. The Morgan fingerprint density at radius 1 is 1.39 bits per heavy atom. The zero-order chi connectivity index (χ0) is 12.6. The second kappa shape index (κ2) is 6.94. The van der Waals surface area contributed by atoms with Crippen molar-refractivity contribution in [3.8, 4) is 17.7 Å². The molecule has 18 heavy (non-hydrogen) atoms. The van der Waals surface area contributed by atoms with Crippen molar-refractivity contribution in [1.29, 1.82) is 0 Å². The molecule has 1 aliphatic heterocycles. The smallest absolute Gasteiger partial charge is 0.217 e. The molecule has 0 amide bonds. The number of aromatic nitrogens is 2. The summed E-state index contributed by atoms with van der Waals surface area (Å²) in [6, 6.07) is 1.74. The van der Waals surface area contributed by atoms with Crippen molar-refractivity contribution in [3.63, 3.8) is 0 Å². The fraction of sp³-hybridized carbons (Fsp3) is 0.538. The average molecular weight is 247 g/mol. The minimum absolute atomic E-state index is 0.0660. The first-order valence-corrected chi connectivity index (χ1v) is 6.17. The summed E-state index contributed by atoms with van der Waals surface area (Å²) in [6.45, 7) is 2.04. The first-order chi connectivity index (χ1) is 8.88. The first-order valence-electron chi connectivity index (χ1n) is 6.17. The van der Waals surface area contributed by atoms with Gasteiger partial charge in [0, 0.05) is 12.5 Å². The molecule has 1 saturated heterocycles. The minimum atomic E-state index is 0.0660. The summed E-state index contributed by atoms with van der Waals surface area (Å²) >= 11 is 0. The highest BCUT2D eigenvalue weighted by Crippen LogP contribution is 2.13. The van der Waals surface area contributed by atoms with E-state index in [0.717, 1.165) is 25.9 Å². The number of nitrogens with zero attached hydrogens (tertiary/aromatic N) is 2. The highest BCUT2D eigenvalue weighted by atomic mass is 16.5. The predicted molar refractivity (Wildman–Crippen MR) is 67.1 cm³/mol. The third kappa shape index (κ3) is 3.99. The number of aliphatic hydroxyl groups is 1. The fourth-order valence-electron chi connectivity index (χ4n) is 1.77. The van der Waals surface area contributed by atoms with Crippen LogP contribution in [0.2, 0.25) is 0 Å². The van der Waals surface area contributed by atoms with Crippen LogP contribution < -0.4 is 10.1 Å². The zero-order valence-corrected chi connectivity index (χ0v) is 10.2. The van der Waals surface area contributed by atoms with Gasteiger partial charge < -0.3 is 15.2 Å². The molecule has 0 aliphatic carbocycles. The van der Waals surface area contributed by atoms with Crippen LogP contribution in [0.4, 0.5) is 0 Å². The predicted octanol–water partition coefficient (Wildman–Crippen LogP) is 0.341. The van der Waals surface area contributed by atoms with Gasteiger partial charge >= 0.3 is 0 Å². The van der Waals surface area contributed by atoms with Crippen molar-refractivity contribution < 1.29 is 9.84 Å². The average Bonchev–Trinajstić information content (AvgIpc) is 2.41. The van der Waals surface area contributed by atoms with E-state index < -0.39 is 0 Å². The molecule has 1 aromatic rings. The van der Waals surface area contributed by atoms with Crippen molar-refractivity contribution in [2.75, 3.05) is 19.7 Å². The lowest BCUT2D eigenvalue weighted by molar-refractivity contribution is 0.155. The SMILES string of the molecule is OCCC#Cc1cc(OC2CCNCC2)ncn1. The molecule has 0 saturated carbocycles. The summed E-state index contributed by atoms with van der Waals surface area (Å²) in [7, 11) is 0. The maximum atomic E-state index is 8.65. The van der Waals surface area contributed by atoms with Gasteiger partial charge in [-0.15, -0.1) is 0 Å². The Morgan fingerprint density at radius 3 is 3.00 bits per heavy atom. The number of hydrogen-bond acceptors (Lipinski definition) is 5. The summed E-state index contributed by atoms with van der Waals surface area (Å²) in [4.78, 5) is 8.14. The van der Waals surface area contributed by atoms with E-state index in [0.29, 0.717) is 18.0 Å². The maximum absolute atomic E-state index is 8.65. The quantitative estimate of drug-likeness (QED) is 0.754. The Kier molecular flexibility index (Phi) is 4.94. The summed E-state index contributed by atoms with van der Waals surface area (Å²) < 4.78 is 5.79. The van der Waals surface area contributed by atoms with E-state index in [9.17, 15) is 0 Å². The molecule has 0 aromatic carbocycles. The van der Waals surface area contributed by atoms with E-state index in [4.69, 9.17) is 9.84 Å². The number of piperidine rings is 1. The van der Waals surface area contributed by atoms with Crippen molar-refractivity contribution in [2.24, 2.45) is 0 Å². The van der Waals surface area contributed by atoms with Crippen LogP contribution in [0.5, 0.6) is 5.88 Å². The number of aliphatic hydroxyl groups excluding tert-OH is 1. The van der Waals surface area contributed by atoms with E-state index in [2.05, 4.69) is 27.1 Å². The normalized spacial score (nSPS) is 15.8. The monoisotopic (exact) mass is 247 g/mol. The molecule has 0 unspecified atom stereocenters. The largest absolute Gasteiger partial charge is 0.474 e. The molecule has 2 N–H and O–H groups in total. The molecule has 96 valence electrons. The number of ether oxygens (including phenoxy) is 1. The molecular formula is C13H17N3O2. The topological polar surface area (TPSA) is 67.3 Å². The van der Waals surface area contributed by atoms with Gasteiger partial charge in [0.25, 0.3) is 0 Å². The molecule has 1 aromatic heterocycles. The molecule has 5 heteroatoms. The molecule has 0 spiro atoms. The van der Waals surface area contributed by atoms with E-state index in [1.54, 1.807) is 6.07 Å². The van der Waals surface area contributed by atoms with E-state index >= 15 is 0 Å². The van der Waals surface area contributed by atoms with Crippen molar-refractivity contribution >= 4 is 0 Å². The standard InChI is InChI=1S/C13H17N3O2/c17-8-2-1-3-11-9-13(16-10-15-11)18-12-4-6-14-7-5-12/h9-10,12,14,17H,2,4-8H2. The summed E-state index contributed by atoms with van der Waals surface area (Å²) in [6.07, 6.45) is 4.12. The third-order valence-corrected chi connectivity index (χ3v) is 2.67. The van der Waals surface area contributed by atoms with Gasteiger partial charge in [0.1, 0.15) is 18.1 Å². The van der Waals surface area contributed by atoms with Crippen molar-refractivity contribution in [3.05, 3.63) is 18.1 Å². The molecule has 1 aliphatic rings. The van der Waals surface area contributed by atoms with Crippen molar-refractivity contribution in [1.82, 2.24) is 15.3 Å². The summed E-state index contributed by atoms with van der Waals surface area (Å²) in [5, 5.41) is 11.9. The van der Waals surface area contributed by atoms with Crippen LogP contribution in [0.3, 0.4) is 0 Å². The van der Waals surface area contributed by atoms with Gasteiger partial charge in [-0.1, -0.05) is 5.92 Å². The highest BCUT2D eigenvalue weighted by molar-refractivity contribution is 5.30. The second-order valence-electron chi connectivity index (χ2n) is 4.08. The van der Waals surface area contributed by atoms with Crippen LogP contribution in [0.1, 0.15) is 25.0 Å². The molecule has 0 atom stereocenters. The molecule has 2 rings (SSSR count). The lowest BCUT2D eigenvalue weighted by Gasteiger charge is -2.23. The van der Waals surface area contributed by atoms with Gasteiger partial charge in [-0.3, -0.25) is 0 Å². The Bertz CT molecular complexity index is 433. The van der Waals surface area contributed by atoms with Crippen LogP contribution in [0.15, 0.2) is 12.4 Å². The second-order valence-corrected chi connectivity index (χ2v) is 4.08. The number of rotatable bonds is 3. The minimum Gasteiger partial charge on any atom is -0.474 e. The van der Waals surface area contributed by atoms with Crippen molar-refractivity contribution in [2.45, 2.75) is 25.4 Å². The summed E-state index contributed by atoms with van der Waals surface area (Å²) in [5.41, 5.74) is 0.627. The molecule has 5 nitrogen and oxygen atoms in total. The van der Waals surface area contributed by atoms with Crippen LogP contribution in [0.25, 0.3) is 0 Å². The van der Waals surface area contributed by atoms with Gasteiger partial charge in [-0.05, 0) is 31.9 Å². The van der Waals surface area contributed by atoms with Gasteiger partial charge in [-0.25, -0.2) is 9.97 Å². The molecule has 0 bridgehead atoms. The Morgan fingerprint density at radius 2 is 2.22 bits per heavy atom. The third-order valence-electron chi connectivity index (χ3n) is 2.67.